The minimum Gasteiger partial charge on any atom is -0.337 e. The fourth-order valence-corrected chi connectivity index (χ4v) is 2.88. The lowest BCUT2D eigenvalue weighted by atomic mass is 10.0. The van der Waals surface area contributed by atoms with Gasteiger partial charge in [0.05, 0.1) is 5.51 Å². The Morgan fingerprint density at radius 1 is 1.17 bits per heavy atom. The monoisotopic (exact) mass is 258 g/mol. The fraction of sp³-hybridized carbons (Fsp3) is 0.286. The molecule has 0 fully saturated rings. The molecule has 3 nitrogen and oxygen atoms in total. The molecule has 2 aromatic rings. The van der Waals surface area contributed by atoms with Crippen molar-refractivity contribution in [2.75, 3.05) is 13.1 Å². The highest BCUT2D eigenvalue weighted by Gasteiger charge is 2.20. The van der Waals surface area contributed by atoms with E-state index in [0.717, 1.165) is 25.9 Å². The largest absolute Gasteiger partial charge is 0.337 e. The van der Waals surface area contributed by atoms with Crippen LogP contribution in [0.25, 0.3) is 0 Å². The lowest BCUT2D eigenvalue weighted by molar-refractivity contribution is 0.0758. The Kier molecular flexibility index (Phi) is 3.11. The van der Waals surface area contributed by atoms with Crippen molar-refractivity contribution in [1.82, 2.24) is 9.88 Å². The van der Waals surface area contributed by atoms with Crippen LogP contribution in [0.4, 0.5) is 0 Å². The van der Waals surface area contributed by atoms with Crippen LogP contribution in [0.3, 0.4) is 0 Å². The van der Waals surface area contributed by atoms with Crippen LogP contribution in [0.15, 0.2) is 35.2 Å². The standard InChI is InChI=1S/C14H14N2OS/c17-14(13-9-18-10-15-13)16-7-5-11-3-1-2-4-12(11)6-8-16/h1-4,9-10H,5-8H2. The molecule has 1 aliphatic rings. The first-order chi connectivity index (χ1) is 8.84. The molecule has 3 rings (SSSR count). The number of thiazole rings is 1. The van der Waals surface area contributed by atoms with E-state index < -0.39 is 0 Å². The fourth-order valence-electron chi connectivity index (χ4n) is 2.35. The molecule has 1 aliphatic heterocycles. The number of amides is 1. The summed E-state index contributed by atoms with van der Waals surface area (Å²) >= 11 is 1.47. The first-order valence-electron chi connectivity index (χ1n) is 6.09. The number of benzene rings is 1. The van der Waals surface area contributed by atoms with Gasteiger partial charge in [-0.1, -0.05) is 24.3 Å². The second kappa shape index (κ2) is 4.90. The minimum atomic E-state index is 0.0593. The first-order valence-corrected chi connectivity index (χ1v) is 7.03. The molecule has 92 valence electrons. The molecule has 0 saturated heterocycles. The summed E-state index contributed by atoms with van der Waals surface area (Å²) in [5, 5.41) is 1.82. The molecule has 1 amide bonds. The zero-order valence-corrected chi connectivity index (χ0v) is 10.8. The number of aromatic nitrogens is 1. The maximum Gasteiger partial charge on any atom is 0.273 e. The Balaban J connectivity index is 1.77. The van der Waals surface area contributed by atoms with Gasteiger partial charge in [0.25, 0.3) is 5.91 Å². The summed E-state index contributed by atoms with van der Waals surface area (Å²) in [6, 6.07) is 8.45. The van der Waals surface area contributed by atoms with Crippen molar-refractivity contribution in [3.05, 3.63) is 52.0 Å². The van der Waals surface area contributed by atoms with Gasteiger partial charge in [0.1, 0.15) is 5.69 Å². The second-order valence-corrected chi connectivity index (χ2v) is 5.15. The smallest absolute Gasteiger partial charge is 0.273 e. The number of rotatable bonds is 1. The van der Waals surface area contributed by atoms with Crippen molar-refractivity contribution in [1.29, 1.82) is 0 Å². The van der Waals surface area contributed by atoms with Crippen LogP contribution in [0, 0.1) is 0 Å². The molecule has 2 heterocycles. The Hall–Kier alpha value is -1.68. The maximum atomic E-state index is 12.2. The van der Waals surface area contributed by atoms with Gasteiger partial charge in [0, 0.05) is 18.5 Å². The summed E-state index contributed by atoms with van der Waals surface area (Å²) < 4.78 is 0. The quantitative estimate of drug-likeness (QED) is 0.787. The minimum absolute atomic E-state index is 0.0593. The van der Waals surface area contributed by atoms with Gasteiger partial charge in [-0.2, -0.15) is 0 Å². The van der Waals surface area contributed by atoms with Crippen molar-refractivity contribution >= 4 is 17.2 Å². The highest BCUT2D eigenvalue weighted by molar-refractivity contribution is 7.07. The zero-order chi connectivity index (χ0) is 12.4. The number of fused-ring (bicyclic) bond motifs is 1. The van der Waals surface area contributed by atoms with Gasteiger partial charge in [0.2, 0.25) is 0 Å². The predicted octanol–water partition coefficient (Wildman–Crippen LogP) is 2.38. The molecular weight excluding hydrogens is 244 g/mol. The van der Waals surface area contributed by atoms with E-state index in [1.807, 2.05) is 10.3 Å². The number of hydrogen-bond acceptors (Lipinski definition) is 3. The van der Waals surface area contributed by atoms with E-state index in [9.17, 15) is 4.79 Å². The number of carbonyl (C=O) groups excluding carboxylic acids is 1. The predicted molar refractivity (Wildman–Crippen MR) is 71.9 cm³/mol. The molecule has 18 heavy (non-hydrogen) atoms. The van der Waals surface area contributed by atoms with Gasteiger partial charge < -0.3 is 4.90 Å². The van der Waals surface area contributed by atoms with Crippen LogP contribution in [-0.4, -0.2) is 28.9 Å². The SMILES string of the molecule is O=C(c1cscn1)N1CCc2ccccc2CC1. The second-order valence-electron chi connectivity index (χ2n) is 4.43. The Morgan fingerprint density at radius 2 is 1.83 bits per heavy atom. The Morgan fingerprint density at radius 3 is 2.39 bits per heavy atom. The van der Waals surface area contributed by atoms with Crippen LogP contribution in [0.1, 0.15) is 21.6 Å². The third kappa shape index (κ3) is 2.16. The van der Waals surface area contributed by atoms with Gasteiger partial charge in [-0.05, 0) is 24.0 Å². The average Bonchev–Trinajstić information content (AvgIpc) is 2.85. The molecule has 1 aromatic carbocycles. The molecule has 4 heteroatoms. The van der Waals surface area contributed by atoms with Gasteiger partial charge >= 0.3 is 0 Å². The Bertz CT molecular complexity index is 524. The van der Waals surface area contributed by atoms with Crippen LogP contribution in [-0.2, 0) is 12.8 Å². The van der Waals surface area contributed by atoms with Gasteiger partial charge in [0.15, 0.2) is 0 Å². The normalized spacial score (nSPS) is 15.0. The van der Waals surface area contributed by atoms with E-state index in [1.54, 1.807) is 5.51 Å². The van der Waals surface area contributed by atoms with E-state index in [1.165, 1.54) is 22.5 Å². The van der Waals surface area contributed by atoms with Crippen molar-refractivity contribution in [2.24, 2.45) is 0 Å². The highest BCUT2D eigenvalue weighted by Crippen LogP contribution is 2.17. The summed E-state index contributed by atoms with van der Waals surface area (Å²) in [7, 11) is 0. The Labute approximate surface area is 110 Å². The number of carbonyl (C=O) groups is 1. The number of hydrogen-bond donors (Lipinski definition) is 0. The number of nitrogens with zero attached hydrogens (tertiary/aromatic N) is 2. The van der Waals surface area contributed by atoms with Gasteiger partial charge in [-0.3, -0.25) is 4.79 Å². The average molecular weight is 258 g/mol. The molecule has 0 aliphatic carbocycles. The van der Waals surface area contributed by atoms with Crippen LogP contribution < -0.4 is 0 Å². The third-order valence-corrected chi connectivity index (χ3v) is 3.95. The summed E-state index contributed by atoms with van der Waals surface area (Å²) in [6.07, 6.45) is 1.87. The van der Waals surface area contributed by atoms with Crippen LogP contribution >= 0.6 is 11.3 Å². The molecule has 0 N–H and O–H groups in total. The van der Waals surface area contributed by atoms with E-state index in [0.29, 0.717) is 5.69 Å². The molecule has 0 atom stereocenters. The maximum absolute atomic E-state index is 12.2. The van der Waals surface area contributed by atoms with Crippen LogP contribution in [0.2, 0.25) is 0 Å². The summed E-state index contributed by atoms with van der Waals surface area (Å²) in [4.78, 5) is 18.2. The summed E-state index contributed by atoms with van der Waals surface area (Å²) in [6.45, 7) is 1.57. The van der Waals surface area contributed by atoms with Crippen molar-refractivity contribution < 1.29 is 4.79 Å². The van der Waals surface area contributed by atoms with Crippen molar-refractivity contribution in [3.63, 3.8) is 0 Å². The molecule has 0 saturated carbocycles. The molecule has 1 aromatic heterocycles. The molecule has 0 spiro atoms. The van der Waals surface area contributed by atoms with Crippen molar-refractivity contribution in [2.45, 2.75) is 12.8 Å². The lowest BCUT2D eigenvalue weighted by Gasteiger charge is -2.18. The van der Waals surface area contributed by atoms with E-state index in [2.05, 4.69) is 29.2 Å². The van der Waals surface area contributed by atoms with Crippen molar-refractivity contribution in [3.8, 4) is 0 Å². The third-order valence-electron chi connectivity index (χ3n) is 3.36. The highest BCUT2D eigenvalue weighted by atomic mass is 32.1. The molecular formula is C14H14N2OS. The van der Waals surface area contributed by atoms with Gasteiger partial charge in [-0.25, -0.2) is 4.98 Å². The summed E-state index contributed by atoms with van der Waals surface area (Å²) in [5.41, 5.74) is 5.02. The molecule has 0 radical (unpaired) electrons. The topological polar surface area (TPSA) is 33.2 Å². The van der Waals surface area contributed by atoms with Gasteiger partial charge in [-0.15, -0.1) is 11.3 Å². The molecule has 0 unspecified atom stereocenters. The van der Waals surface area contributed by atoms with E-state index in [4.69, 9.17) is 0 Å². The van der Waals surface area contributed by atoms with E-state index >= 15 is 0 Å². The first kappa shape index (κ1) is 11.4. The molecule has 0 bridgehead atoms. The summed E-state index contributed by atoms with van der Waals surface area (Å²) in [5.74, 6) is 0.0593. The van der Waals surface area contributed by atoms with E-state index in [-0.39, 0.29) is 5.91 Å². The lowest BCUT2D eigenvalue weighted by Crippen LogP contribution is -2.33. The van der Waals surface area contributed by atoms with Crippen LogP contribution in [0.5, 0.6) is 0 Å². The zero-order valence-electron chi connectivity index (χ0n) is 10.0.